The monoisotopic (exact) mass is 300 g/mol. The van der Waals surface area contributed by atoms with Crippen LogP contribution >= 0.6 is 0 Å². The molecule has 0 aromatic heterocycles. The lowest BCUT2D eigenvalue weighted by Crippen LogP contribution is -2.18. The Balaban J connectivity index is 2.28. The van der Waals surface area contributed by atoms with Crippen LogP contribution in [0.5, 0.6) is 0 Å². The summed E-state index contributed by atoms with van der Waals surface area (Å²) in [5.41, 5.74) is 1.32. The molecule has 2 nitrogen and oxygen atoms in total. The highest BCUT2D eigenvalue weighted by Gasteiger charge is 2.13. The van der Waals surface area contributed by atoms with Gasteiger partial charge in [-0.1, -0.05) is 62.9 Å². The predicted octanol–water partition coefficient (Wildman–Crippen LogP) is 4.77. The van der Waals surface area contributed by atoms with E-state index in [-0.39, 0.29) is 12.1 Å². The maximum Gasteiger partial charge on any atom is 0.307 e. The third-order valence-corrected chi connectivity index (χ3v) is 3.34. The lowest BCUT2D eigenvalue weighted by atomic mass is 10.1. The van der Waals surface area contributed by atoms with Gasteiger partial charge in [-0.3, -0.25) is 4.79 Å². The number of unbranched alkanes of at least 4 members (excludes halogenated alkanes) is 1. The van der Waals surface area contributed by atoms with E-state index in [1.54, 1.807) is 0 Å². The summed E-state index contributed by atoms with van der Waals surface area (Å²) < 4.78 is 5.50. The van der Waals surface area contributed by atoms with Gasteiger partial charge >= 0.3 is 5.97 Å². The van der Waals surface area contributed by atoms with E-state index in [1.807, 2.05) is 25.1 Å². The van der Waals surface area contributed by atoms with E-state index in [1.165, 1.54) is 5.56 Å². The molecule has 0 amide bonds. The summed E-state index contributed by atoms with van der Waals surface area (Å²) in [6.07, 6.45) is 4.72. The minimum atomic E-state index is -0.249. The Morgan fingerprint density at radius 2 is 1.91 bits per heavy atom. The van der Waals surface area contributed by atoms with Gasteiger partial charge < -0.3 is 4.74 Å². The van der Waals surface area contributed by atoms with Gasteiger partial charge in [0.25, 0.3) is 0 Å². The molecule has 1 unspecified atom stereocenters. The van der Waals surface area contributed by atoms with E-state index in [0.717, 1.165) is 32.1 Å². The molecule has 0 aliphatic rings. The standard InChI is InChI=1S/C20H28O2/c1-4-5-14-19(16-17(2)3)22-20(21)15-10-9-13-18-11-7-6-8-12-18/h6-8,11-12,17,19H,4,9-10,13,15-16H2,1-3H3. The van der Waals surface area contributed by atoms with Gasteiger partial charge in [-0.25, -0.2) is 0 Å². The molecular formula is C20H28O2. The molecular weight excluding hydrogens is 272 g/mol. The van der Waals surface area contributed by atoms with Gasteiger partial charge in [0.15, 0.2) is 6.10 Å². The summed E-state index contributed by atoms with van der Waals surface area (Å²) in [7, 11) is 0. The average molecular weight is 300 g/mol. The van der Waals surface area contributed by atoms with Crippen molar-refractivity contribution < 1.29 is 9.53 Å². The van der Waals surface area contributed by atoms with Crippen molar-refractivity contribution in [3.63, 3.8) is 0 Å². The molecule has 0 radical (unpaired) electrons. The van der Waals surface area contributed by atoms with E-state index >= 15 is 0 Å². The molecule has 1 aromatic rings. The number of benzene rings is 1. The van der Waals surface area contributed by atoms with Crippen LogP contribution in [0.4, 0.5) is 0 Å². The Morgan fingerprint density at radius 3 is 2.55 bits per heavy atom. The second-order valence-corrected chi connectivity index (χ2v) is 5.98. The highest BCUT2D eigenvalue weighted by Crippen LogP contribution is 2.11. The van der Waals surface area contributed by atoms with Gasteiger partial charge in [-0.15, -0.1) is 0 Å². The number of hydrogen-bond donors (Lipinski definition) is 0. The first-order valence-corrected chi connectivity index (χ1v) is 8.33. The molecule has 0 saturated heterocycles. The zero-order chi connectivity index (χ0) is 16.2. The first kappa shape index (κ1) is 18.3. The molecule has 0 heterocycles. The molecule has 1 aromatic carbocycles. The summed E-state index contributed by atoms with van der Waals surface area (Å²) in [5.74, 6) is 6.43. The van der Waals surface area contributed by atoms with Crippen molar-refractivity contribution in [3.05, 3.63) is 35.9 Å². The van der Waals surface area contributed by atoms with Gasteiger partial charge in [0.05, 0.1) is 0 Å². The number of rotatable bonds is 8. The molecule has 0 fully saturated rings. The van der Waals surface area contributed by atoms with Crippen LogP contribution in [0, 0.1) is 17.8 Å². The van der Waals surface area contributed by atoms with Gasteiger partial charge in [-0.2, -0.15) is 0 Å². The number of carbonyl (C=O) groups excluding carboxylic acids is 1. The fourth-order valence-corrected chi connectivity index (χ4v) is 2.24. The molecule has 120 valence electrons. The van der Waals surface area contributed by atoms with Crippen LogP contribution in [-0.4, -0.2) is 12.1 Å². The number of aryl methyl sites for hydroxylation is 1. The van der Waals surface area contributed by atoms with Crippen molar-refractivity contribution in [2.45, 2.75) is 65.4 Å². The molecule has 0 aliphatic carbocycles. The summed E-state index contributed by atoms with van der Waals surface area (Å²) in [6.45, 7) is 6.24. The minimum Gasteiger partial charge on any atom is -0.449 e. The van der Waals surface area contributed by atoms with Crippen LogP contribution < -0.4 is 0 Å². The maximum absolute atomic E-state index is 11.9. The fourth-order valence-electron chi connectivity index (χ4n) is 2.24. The minimum absolute atomic E-state index is 0.121. The third-order valence-electron chi connectivity index (χ3n) is 3.34. The van der Waals surface area contributed by atoms with Crippen molar-refractivity contribution in [2.75, 3.05) is 0 Å². The molecule has 0 N–H and O–H groups in total. The van der Waals surface area contributed by atoms with Crippen molar-refractivity contribution in [2.24, 2.45) is 5.92 Å². The van der Waals surface area contributed by atoms with Crippen LogP contribution in [0.25, 0.3) is 0 Å². The molecule has 0 spiro atoms. The number of ether oxygens (including phenoxy) is 1. The fraction of sp³-hybridized carbons (Fsp3) is 0.550. The average Bonchev–Trinajstić information content (AvgIpc) is 2.50. The number of hydrogen-bond acceptors (Lipinski definition) is 2. The largest absolute Gasteiger partial charge is 0.449 e. The van der Waals surface area contributed by atoms with Crippen molar-refractivity contribution in [1.82, 2.24) is 0 Å². The van der Waals surface area contributed by atoms with E-state index in [0.29, 0.717) is 12.3 Å². The third kappa shape index (κ3) is 8.52. The molecule has 22 heavy (non-hydrogen) atoms. The highest BCUT2D eigenvalue weighted by atomic mass is 16.5. The number of carbonyl (C=O) groups is 1. The van der Waals surface area contributed by atoms with E-state index in [4.69, 9.17) is 4.74 Å². The summed E-state index contributed by atoms with van der Waals surface area (Å²) >= 11 is 0. The maximum atomic E-state index is 11.9. The van der Waals surface area contributed by atoms with Gasteiger partial charge in [0, 0.05) is 12.8 Å². The lowest BCUT2D eigenvalue weighted by molar-refractivity contribution is -0.147. The van der Waals surface area contributed by atoms with Crippen LogP contribution in [0.3, 0.4) is 0 Å². The Bertz CT molecular complexity index is 479. The Morgan fingerprint density at radius 1 is 1.18 bits per heavy atom. The van der Waals surface area contributed by atoms with E-state index in [2.05, 4.69) is 37.8 Å². The number of esters is 1. The Labute approximate surface area is 135 Å². The van der Waals surface area contributed by atoms with Crippen LogP contribution in [-0.2, 0) is 16.0 Å². The first-order valence-electron chi connectivity index (χ1n) is 8.33. The van der Waals surface area contributed by atoms with Crippen molar-refractivity contribution in [3.8, 4) is 11.8 Å². The summed E-state index contributed by atoms with van der Waals surface area (Å²) in [6, 6.07) is 10.4. The summed E-state index contributed by atoms with van der Waals surface area (Å²) in [5, 5.41) is 0. The van der Waals surface area contributed by atoms with Crippen molar-refractivity contribution >= 4 is 5.97 Å². The second kappa shape index (κ2) is 10.9. The lowest BCUT2D eigenvalue weighted by Gasteiger charge is -2.14. The van der Waals surface area contributed by atoms with Gasteiger partial charge in [0.1, 0.15) is 0 Å². The van der Waals surface area contributed by atoms with E-state index in [9.17, 15) is 4.79 Å². The Kier molecular flexibility index (Phi) is 9.07. The SMILES string of the molecule is CCC#CC(CC(C)C)OC(=O)CCCCc1ccccc1. The molecule has 2 heteroatoms. The summed E-state index contributed by atoms with van der Waals surface area (Å²) in [4.78, 5) is 11.9. The van der Waals surface area contributed by atoms with Crippen LogP contribution in [0.1, 0.15) is 58.4 Å². The quantitative estimate of drug-likeness (QED) is 0.393. The van der Waals surface area contributed by atoms with Crippen LogP contribution in [0.2, 0.25) is 0 Å². The van der Waals surface area contributed by atoms with E-state index < -0.39 is 0 Å². The van der Waals surface area contributed by atoms with Crippen molar-refractivity contribution in [1.29, 1.82) is 0 Å². The Hall–Kier alpha value is -1.75. The second-order valence-electron chi connectivity index (χ2n) is 5.98. The molecule has 0 bridgehead atoms. The molecule has 1 atom stereocenters. The zero-order valence-corrected chi connectivity index (χ0v) is 14.1. The molecule has 0 aliphatic heterocycles. The topological polar surface area (TPSA) is 26.3 Å². The molecule has 0 saturated carbocycles. The zero-order valence-electron chi connectivity index (χ0n) is 14.1. The smallest absolute Gasteiger partial charge is 0.307 e. The normalized spacial score (nSPS) is 11.6. The molecule has 1 rings (SSSR count). The highest BCUT2D eigenvalue weighted by molar-refractivity contribution is 5.69. The van der Waals surface area contributed by atoms with Crippen LogP contribution in [0.15, 0.2) is 30.3 Å². The van der Waals surface area contributed by atoms with Gasteiger partial charge in [-0.05, 0) is 37.2 Å². The van der Waals surface area contributed by atoms with Gasteiger partial charge in [0.2, 0.25) is 0 Å². The first-order chi connectivity index (χ1) is 10.6. The predicted molar refractivity (Wildman–Crippen MR) is 91.4 cm³/mol.